The standard InChI is InChI=1S/C17H39N3/c1-7-12-16(18-13-8-2)17(9-3)20(10-4)15-11-14-19(5)6/h16-18H,7-15H2,1-6H3. The molecule has 3 nitrogen and oxygen atoms in total. The van der Waals surface area contributed by atoms with Crippen LogP contribution in [-0.2, 0) is 0 Å². The summed E-state index contributed by atoms with van der Waals surface area (Å²) >= 11 is 0. The van der Waals surface area contributed by atoms with Crippen molar-refractivity contribution in [3.63, 3.8) is 0 Å². The molecule has 3 heteroatoms. The van der Waals surface area contributed by atoms with Gasteiger partial charge < -0.3 is 10.2 Å². The second kappa shape index (κ2) is 12.6. The van der Waals surface area contributed by atoms with Gasteiger partial charge in [-0.05, 0) is 66.0 Å². The van der Waals surface area contributed by atoms with Crippen molar-refractivity contribution in [3.05, 3.63) is 0 Å². The first-order valence-electron chi connectivity index (χ1n) is 8.72. The van der Waals surface area contributed by atoms with Gasteiger partial charge >= 0.3 is 0 Å². The lowest BCUT2D eigenvalue weighted by Crippen LogP contribution is -2.50. The van der Waals surface area contributed by atoms with E-state index >= 15 is 0 Å². The van der Waals surface area contributed by atoms with Gasteiger partial charge in [-0.3, -0.25) is 4.90 Å². The predicted molar refractivity (Wildman–Crippen MR) is 91.5 cm³/mol. The Morgan fingerprint density at radius 2 is 1.65 bits per heavy atom. The van der Waals surface area contributed by atoms with Gasteiger partial charge in [-0.25, -0.2) is 0 Å². The summed E-state index contributed by atoms with van der Waals surface area (Å²) in [5.74, 6) is 0. The molecule has 0 bridgehead atoms. The van der Waals surface area contributed by atoms with E-state index in [1.54, 1.807) is 0 Å². The highest BCUT2D eigenvalue weighted by molar-refractivity contribution is 4.83. The maximum absolute atomic E-state index is 3.78. The second-order valence-electron chi connectivity index (χ2n) is 6.11. The van der Waals surface area contributed by atoms with Crippen LogP contribution in [0.3, 0.4) is 0 Å². The number of hydrogen-bond acceptors (Lipinski definition) is 3. The Morgan fingerprint density at radius 1 is 0.950 bits per heavy atom. The highest BCUT2D eigenvalue weighted by atomic mass is 15.2. The molecule has 0 amide bonds. The largest absolute Gasteiger partial charge is 0.312 e. The Morgan fingerprint density at radius 3 is 2.10 bits per heavy atom. The van der Waals surface area contributed by atoms with Crippen LogP contribution in [0.15, 0.2) is 0 Å². The molecule has 0 rings (SSSR count). The van der Waals surface area contributed by atoms with Crippen LogP contribution in [0, 0.1) is 0 Å². The van der Waals surface area contributed by atoms with Crippen molar-refractivity contribution in [3.8, 4) is 0 Å². The van der Waals surface area contributed by atoms with E-state index in [0.717, 1.165) is 6.54 Å². The van der Waals surface area contributed by atoms with Gasteiger partial charge in [-0.2, -0.15) is 0 Å². The molecule has 0 saturated carbocycles. The summed E-state index contributed by atoms with van der Waals surface area (Å²) in [6, 6.07) is 1.35. The van der Waals surface area contributed by atoms with Crippen LogP contribution >= 0.6 is 0 Å². The summed E-state index contributed by atoms with van der Waals surface area (Å²) in [5.41, 5.74) is 0. The lowest BCUT2D eigenvalue weighted by molar-refractivity contribution is 0.147. The van der Waals surface area contributed by atoms with E-state index in [9.17, 15) is 0 Å². The van der Waals surface area contributed by atoms with Gasteiger partial charge in [0, 0.05) is 12.1 Å². The molecular formula is C17H39N3. The van der Waals surface area contributed by atoms with E-state index in [1.165, 1.54) is 51.7 Å². The van der Waals surface area contributed by atoms with Gasteiger partial charge in [0.2, 0.25) is 0 Å². The number of hydrogen-bond donors (Lipinski definition) is 1. The highest BCUT2D eigenvalue weighted by Gasteiger charge is 2.23. The summed E-state index contributed by atoms with van der Waals surface area (Å²) in [6.45, 7) is 13.9. The molecule has 0 aliphatic heterocycles. The minimum atomic E-state index is 0.657. The van der Waals surface area contributed by atoms with Crippen LogP contribution in [0.1, 0.15) is 59.8 Å². The van der Waals surface area contributed by atoms with Crippen molar-refractivity contribution >= 4 is 0 Å². The minimum absolute atomic E-state index is 0.657. The number of rotatable bonds is 13. The monoisotopic (exact) mass is 285 g/mol. The summed E-state index contributed by atoms with van der Waals surface area (Å²) in [6.07, 6.45) is 6.31. The zero-order valence-corrected chi connectivity index (χ0v) is 14.9. The molecular weight excluding hydrogens is 246 g/mol. The molecule has 122 valence electrons. The van der Waals surface area contributed by atoms with Crippen molar-refractivity contribution in [1.29, 1.82) is 0 Å². The van der Waals surface area contributed by atoms with Gasteiger partial charge in [0.15, 0.2) is 0 Å². The molecule has 0 aromatic rings. The van der Waals surface area contributed by atoms with Crippen molar-refractivity contribution in [2.75, 3.05) is 40.3 Å². The first-order valence-corrected chi connectivity index (χ1v) is 8.72. The van der Waals surface area contributed by atoms with Gasteiger partial charge in [-0.1, -0.05) is 34.1 Å². The SMILES string of the molecule is CCCNC(CCC)C(CC)N(CC)CCCN(C)C. The molecule has 0 aliphatic rings. The molecule has 0 heterocycles. The molecule has 0 saturated heterocycles. The molecule has 0 radical (unpaired) electrons. The zero-order valence-electron chi connectivity index (χ0n) is 14.9. The smallest absolute Gasteiger partial charge is 0.0246 e. The Hall–Kier alpha value is -0.120. The van der Waals surface area contributed by atoms with Crippen molar-refractivity contribution in [2.24, 2.45) is 0 Å². The van der Waals surface area contributed by atoms with Crippen LogP contribution in [0.2, 0.25) is 0 Å². The Kier molecular flexibility index (Phi) is 12.5. The van der Waals surface area contributed by atoms with Crippen LogP contribution in [0.25, 0.3) is 0 Å². The van der Waals surface area contributed by atoms with E-state index in [2.05, 4.69) is 56.9 Å². The minimum Gasteiger partial charge on any atom is -0.312 e. The zero-order chi connectivity index (χ0) is 15.4. The predicted octanol–water partition coefficient (Wildman–Crippen LogP) is 3.21. The fourth-order valence-electron chi connectivity index (χ4n) is 3.02. The maximum atomic E-state index is 3.78. The summed E-state index contributed by atoms with van der Waals surface area (Å²) in [4.78, 5) is 4.97. The van der Waals surface area contributed by atoms with Crippen LogP contribution < -0.4 is 5.32 Å². The topological polar surface area (TPSA) is 18.5 Å². The summed E-state index contributed by atoms with van der Waals surface area (Å²) in [5, 5.41) is 3.78. The van der Waals surface area contributed by atoms with Crippen molar-refractivity contribution < 1.29 is 0 Å². The second-order valence-corrected chi connectivity index (χ2v) is 6.11. The number of nitrogens with zero attached hydrogens (tertiary/aromatic N) is 2. The third-order valence-electron chi connectivity index (χ3n) is 4.06. The highest BCUT2D eigenvalue weighted by Crippen LogP contribution is 2.14. The third kappa shape index (κ3) is 8.23. The van der Waals surface area contributed by atoms with E-state index in [1.807, 2.05) is 0 Å². The number of nitrogens with one attached hydrogen (secondary N) is 1. The van der Waals surface area contributed by atoms with Crippen LogP contribution in [0.5, 0.6) is 0 Å². The van der Waals surface area contributed by atoms with E-state index < -0.39 is 0 Å². The molecule has 1 N–H and O–H groups in total. The van der Waals surface area contributed by atoms with Crippen LogP contribution in [-0.4, -0.2) is 62.2 Å². The summed E-state index contributed by atoms with van der Waals surface area (Å²) < 4.78 is 0. The molecule has 0 aromatic carbocycles. The van der Waals surface area contributed by atoms with Gasteiger partial charge in [0.1, 0.15) is 0 Å². The summed E-state index contributed by atoms with van der Waals surface area (Å²) in [7, 11) is 4.33. The molecule has 20 heavy (non-hydrogen) atoms. The first-order chi connectivity index (χ1) is 9.60. The normalized spacial score (nSPS) is 15.0. The van der Waals surface area contributed by atoms with E-state index in [0.29, 0.717) is 12.1 Å². The molecule has 2 unspecified atom stereocenters. The van der Waals surface area contributed by atoms with Gasteiger partial charge in [0.25, 0.3) is 0 Å². The Bertz CT molecular complexity index is 206. The molecule has 0 aliphatic carbocycles. The third-order valence-corrected chi connectivity index (χ3v) is 4.06. The molecule has 2 atom stereocenters. The lowest BCUT2D eigenvalue weighted by atomic mass is 9.98. The molecule has 0 aromatic heterocycles. The molecule has 0 spiro atoms. The fourth-order valence-corrected chi connectivity index (χ4v) is 3.02. The van der Waals surface area contributed by atoms with Gasteiger partial charge in [-0.15, -0.1) is 0 Å². The quantitative estimate of drug-likeness (QED) is 0.560. The van der Waals surface area contributed by atoms with Crippen LogP contribution in [0.4, 0.5) is 0 Å². The van der Waals surface area contributed by atoms with Gasteiger partial charge in [0.05, 0.1) is 0 Å². The van der Waals surface area contributed by atoms with Crippen molar-refractivity contribution in [2.45, 2.75) is 71.9 Å². The average Bonchev–Trinajstić information content (AvgIpc) is 2.43. The van der Waals surface area contributed by atoms with E-state index in [4.69, 9.17) is 0 Å². The number of likely N-dealkylation sites (N-methyl/N-ethyl adjacent to an activating group) is 1. The lowest BCUT2D eigenvalue weighted by Gasteiger charge is -2.37. The fraction of sp³-hybridized carbons (Fsp3) is 1.00. The van der Waals surface area contributed by atoms with Crippen molar-refractivity contribution in [1.82, 2.24) is 15.1 Å². The average molecular weight is 286 g/mol. The van der Waals surface area contributed by atoms with E-state index in [-0.39, 0.29) is 0 Å². The Labute approximate surface area is 128 Å². The molecule has 0 fully saturated rings. The first kappa shape index (κ1) is 19.9. The maximum Gasteiger partial charge on any atom is 0.0246 e. The Balaban J connectivity index is 4.50.